The van der Waals surface area contributed by atoms with E-state index >= 15 is 0 Å². The second kappa shape index (κ2) is 10.3. The van der Waals surface area contributed by atoms with E-state index in [-0.39, 0.29) is 12.0 Å². The van der Waals surface area contributed by atoms with Crippen molar-refractivity contribution < 1.29 is 52.4 Å². The topological polar surface area (TPSA) is 197 Å². The van der Waals surface area contributed by atoms with E-state index in [4.69, 9.17) is 32.7 Å². The number of aliphatic hydroxyl groups is 2. The standard InChI is InChI=1S/C20H31N2O13P/c1-9-6-22(19(26)21-17(9)25)13-5-10(24)12(31-13)8-30-36(27,28)35-14-11(7-23)32-18(29-4)16-15(14)33-20(2,3)34-16/h6,10-16,18,23-24H,5,7-8H2,1-4H3,(H,27,28)(H,21,25,26)/t10-,11+,12+,13+,14+,15-,16-,18-/m0/s1. The Kier molecular flexibility index (Phi) is 7.91. The molecule has 0 bridgehead atoms. The third-order valence-electron chi connectivity index (χ3n) is 6.16. The van der Waals surface area contributed by atoms with Gasteiger partial charge in [0.1, 0.15) is 36.7 Å². The number of ether oxygens (including phenoxy) is 5. The number of aromatic nitrogens is 2. The van der Waals surface area contributed by atoms with E-state index in [0.717, 1.165) is 4.57 Å². The lowest BCUT2D eigenvalue weighted by Gasteiger charge is -2.40. The summed E-state index contributed by atoms with van der Waals surface area (Å²) in [4.78, 5) is 36.3. The number of hydrogen-bond donors (Lipinski definition) is 4. The summed E-state index contributed by atoms with van der Waals surface area (Å²) in [7, 11) is -3.42. The summed E-state index contributed by atoms with van der Waals surface area (Å²) in [6.45, 7) is 3.66. The largest absolute Gasteiger partial charge is 0.472 e. The molecule has 36 heavy (non-hydrogen) atoms. The van der Waals surface area contributed by atoms with E-state index in [1.807, 2.05) is 0 Å². The molecule has 4 rings (SSSR count). The number of fused-ring (bicyclic) bond motifs is 1. The summed E-state index contributed by atoms with van der Waals surface area (Å²) in [5.41, 5.74) is -0.998. The number of phosphoric ester groups is 1. The van der Waals surface area contributed by atoms with Crippen molar-refractivity contribution in [2.75, 3.05) is 20.3 Å². The Morgan fingerprint density at radius 2 is 1.92 bits per heavy atom. The van der Waals surface area contributed by atoms with E-state index in [2.05, 4.69) is 4.98 Å². The second-order valence-electron chi connectivity index (χ2n) is 9.27. The molecule has 3 fully saturated rings. The highest BCUT2D eigenvalue weighted by molar-refractivity contribution is 7.47. The van der Waals surface area contributed by atoms with Gasteiger partial charge in [0.25, 0.3) is 5.56 Å². The molecule has 0 aliphatic carbocycles. The number of hydrogen-bond acceptors (Lipinski definition) is 12. The van der Waals surface area contributed by atoms with Crippen LogP contribution in [0.15, 0.2) is 15.8 Å². The quantitative estimate of drug-likeness (QED) is 0.291. The van der Waals surface area contributed by atoms with Gasteiger partial charge in [-0.3, -0.25) is 23.4 Å². The van der Waals surface area contributed by atoms with Crippen molar-refractivity contribution in [3.8, 4) is 0 Å². The first kappa shape index (κ1) is 27.5. The molecule has 16 heteroatoms. The number of nitrogens with zero attached hydrogens (tertiary/aromatic N) is 1. The number of rotatable bonds is 8. The maximum absolute atomic E-state index is 12.8. The molecule has 0 spiro atoms. The molecule has 1 unspecified atom stereocenters. The molecule has 1 aromatic rings. The molecule has 4 N–H and O–H groups in total. The first-order valence-electron chi connectivity index (χ1n) is 11.3. The Morgan fingerprint density at radius 3 is 2.58 bits per heavy atom. The molecule has 3 saturated heterocycles. The second-order valence-corrected chi connectivity index (χ2v) is 10.7. The number of H-pyrrole nitrogens is 1. The maximum atomic E-state index is 12.8. The zero-order valence-electron chi connectivity index (χ0n) is 20.1. The van der Waals surface area contributed by atoms with Crippen molar-refractivity contribution in [3.63, 3.8) is 0 Å². The Morgan fingerprint density at radius 1 is 1.22 bits per heavy atom. The molecule has 9 atom stereocenters. The Balaban J connectivity index is 1.42. The zero-order valence-corrected chi connectivity index (χ0v) is 21.0. The minimum Gasteiger partial charge on any atom is -0.394 e. The normalized spacial score (nSPS) is 37.5. The van der Waals surface area contributed by atoms with E-state index < -0.39 is 87.2 Å². The molecule has 4 heterocycles. The SMILES string of the molecule is CO[C@H]1O[C@H](CO)[C@@H](OP(=O)(O)OC[C@H]2O[C@@H](n3cc(C)c(=O)[nH]c3=O)C[C@@H]2O)[C@@H]2OC(C)(C)O[C@H]12. The molecule has 3 aliphatic rings. The van der Waals surface area contributed by atoms with E-state index in [0.29, 0.717) is 0 Å². The van der Waals surface area contributed by atoms with Gasteiger partial charge in [0.05, 0.1) is 19.3 Å². The van der Waals surface area contributed by atoms with Crippen molar-refractivity contribution in [1.29, 1.82) is 0 Å². The minimum atomic E-state index is -4.80. The summed E-state index contributed by atoms with van der Waals surface area (Å²) in [6, 6.07) is 0. The molecule has 0 radical (unpaired) electrons. The van der Waals surface area contributed by atoms with Crippen LogP contribution in [-0.4, -0.2) is 93.7 Å². The predicted octanol–water partition coefficient (Wildman–Crippen LogP) is -1.12. The van der Waals surface area contributed by atoms with Crippen LogP contribution in [-0.2, 0) is 37.3 Å². The van der Waals surface area contributed by atoms with E-state index in [1.165, 1.54) is 20.2 Å². The highest BCUT2D eigenvalue weighted by atomic mass is 31.2. The lowest BCUT2D eigenvalue weighted by molar-refractivity contribution is -0.270. The van der Waals surface area contributed by atoms with Crippen molar-refractivity contribution in [3.05, 3.63) is 32.6 Å². The van der Waals surface area contributed by atoms with Crippen LogP contribution in [0.5, 0.6) is 0 Å². The van der Waals surface area contributed by atoms with Gasteiger partial charge >= 0.3 is 13.5 Å². The molecule has 3 aliphatic heterocycles. The Labute approximate surface area is 205 Å². The minimum absolute atomic E-state index is 0.0263. The van der Waals surface area contributed by atoms with Gasteiger partial charge in [0.2, 0.25) is 0 Å². The molecule has 0 saturated carbocycles. The lowest BCUT2D eigenvalue weighted by Crippen LogP contribution is -2.58. The fraction of sp³-hybridized carbons (Fsp3) is 0.800. The monoisotopic (exact) mass is 538 g/mol. The summed E-state index contributed by atoms with van der Waals surface area (Å²) < 4.78 is 52.5. The van der Waals surface area contributed by atoms with Crippen molar-refractivity contribution in [2.45, 2.75) is 82.1 Å². The Hall–Kier alpha value is -1.49. The van der Waals surface area contributed by atoms with Gasteiger partial charge in [-0.1, -0.05) is 0 Å². The highest BCUT2D eigenvalue weighted by Crippen LogP contribution is 2.50. The predicted molar refractivity (Wildman–Crippen MR) is 118 cm³/mol. The molecule has 0 amide bonds. The first-order valence-corrected chi connectivity index (χ1v) is 12.8. The number of methoxy groups -OCH3 is 1. The van der Waals surface area contributed by atoms with Gasteiger partial charge in [-0.15, -0.1) is 0 Å². The first-order chi connectivity index (χ1) is 16.8. The third-order valence-corrected chi connectivity index (χ3v) is 7.15. The fourth-order valence-corrected chi connectivity index (χ4v) is 5.43. The van der Waals surface area contributed by atoms with Crippen LogP contribution < -0.4 is 11.2 Å². The average Bonchev–Trinajstić information content (AvgIpc) is 3.33. The molecular formula is C20H31N2O13P. The summed E-state index contributed by atoms with van der Waals surface area (Å²) in [5, 5.41) is 20.1. The van der Waals surface area contributed by atoms with Gasteiger partial charge in [0, 0.05) is 25.3 Å². The number of aromatic amines is 1. The highest BCUT2D eigenvalue weighted by Gasteiger charge is 2.57. The maximum Gasteiger partial charge on any atom is 0.472 e. The lowest BCUT2D eigenvalue weighted by atomic mass is 9.99. The van der Waals surface area contributed by atoms with Crippen molar-refractivity contribution in [1.82, 2.24) is 9.55 Å². The molecule has 204 valence electrons. The van der Waals surface area contributed by atoms with Gasteiger partial charge in [0.15, 0.2) is 12.1 Å². The third kappa shape index (κ3) is 5.66. The summed E-state index contributed by atoms with van der Waals surface area (Å²) in [6.07, 6.45) is -6.87. The zero-order chi connectivity index (χ0) is 26.4. The molecule has 0 aromatic carbocycles. The average molecular weight is 538 g/mol. The van der Waals surface area contributed by atoms with E-state index in [1.54, 1.807) is 13.8 Å². The molecule has 1 aromatic heterocycles. The smallest absolute Gasteiger partial charge is 0.394 e. The van der Waals surface area contributed by atoms with Gasteiger partial charge in [-0.05, 0) is 20.8 Å². The van der Waals surface area contributed by atoms with Gasteiger partial charge < -0.3 is 38.8 Å². The van der Waals surface area contributed by atoms with Crippen LogP contribution in [0.4, 0.5) is 0 Å². The fourth-order valence-electron chi connectivity index (χ4n) is 4.47. The van der Waals surface area contributed by atoms with Crippen molar-refractivity contribution in [2.24, 2.45) is 0 Å². The van der Waals surface area contributed by atoms with Gasteiger partial charge in [-0.2, -0.15) is 0 Å². The molecular weight excluding hydrogens is 507 g/mol. The van der Waals surface area contributed by atoms with Crippen LogP contribution >= 0.6 is 7.82 Å². The number of aryl methyl sites for hydroxylation is 1. The number of phosphoric acid groups is 1. The van der Waals surface area contributed by atoms with Crippen LogP contribution in [0, 0.1) is 6.92 Å². The van der Waals surface area contributed by atoms with Crippen molar-refractivity contribution >= 4 is 7.82 Å². The number of aliphatic hydroxyl groups excluding tert-OH is 2. The number of nitrogens with one attached hydrogen (secondary N) is 1. The van der Waals surface area contributed by atoms with Crippen LogP contribution in [0.3, 0.4) is 0 Å². The van der Waals surface area contributed by atoms with E-state index in [9.17, 15) is 29.3 Å². The van der Waals surface area contributed by atoms with Crippen LogP contribution in [0.2, 0.25) is 0 Å². The molecule has 15 nitrogen and oxygen atoms in total. The summed E-state index contributed by atoms with van der Waals surface area (Å²) in [5.74, 6) is -1.07. The van der Waals surface area contributed by atoms with Crippen LogP contribution in [0.1, 0.15) is 32.1 Å². The van der Waals surface area contributed by atoms with Gasteiger partial charge in [-0.25, -0.2) is 9.36 Å². The summed E-state index contributed by atoms with van der Waals surface area (Å²) >= 11 is 0. The Bertz CT molecular complexity index is 1110. The van der Waals surface area contributed by atoms with Crippen LogP contribution in [0.25, 0.3) is 0 Å².